The Hall–Kier alpha value is -3.93. The fourth-order valence-electron chi connectivity index (χ4n) is 6.58. The number of nitrogens with zero attached hydrogens (tertiary/aromatic N) is 2. The number of aromatic nitrogens is 2. The third kappa shape index (κ3) is 19.2. The molecule has 67 heavy (non-hydrogen) atoms. The molecule has 5 rings (SSSR count). The molecule has 0 saturated heterocycles. The van der Waals surface area contributed by atoms with Gasteiger partial charge in [0.25, 0.3) is 5.91 Å². The summed E-state index contributed by atoms with van der Waals surface area (Å²) in [6.07, 6.45) is 1.35. The SMILES string of the molecule is O=C(O)CCOCCOCCOCCOCCOCCOCCOCCOCCSCc1cccc(C(=O)Nc2sc3c(c2C(=O)c2cnn(-c4ccc(Cl)c(C(F)(F)F)c4)c2)CCCC3)c1. The van der Waals surface area contributed by atoms with Crippen molar-refractivity contribution in [2.24, 2.45) is 0 Å². The second-order valence-electron chi connectivity index (χ2n) is 14.8. The van der Waals surface area contributed by atoms with Crippen LogP contribution in [-0.4, -0.2) is 144 Å². The Morgan fingerprint density at radius 1 is 0.746 bits per heavy atom. The van der Waals surface area contributed by atoms with E-state index in [0.29, 0.717) is 127 Å². The van der Waals surface area contributed by atoms with Crippen molar-refractivity contribution < 1.29 is 70.6 Å². The molecular formula is C46H57ClF3N3O12S2. The summed E-state index contributed by atoms with van der Waals surface area (Å²) in [5.74, 6) is -0.197. The van der Waals surface area contributed by atoms with Gasteiger partial charge in [0, 0.05) is 28.1 Å². The van der Waals surface area contributed by atoms with Crippen molar-refractivity contribution >= 4 is 57.4 Å². The molecule has 0 fully saturated rings. The topological polar surface area (TPSA) is 175 Å². The minimum Gasteiger partial charge on any atom is -0.481 e. The molecule has 368 valence electrons. The number of carbonyl (C=O) groups excluding carboxylic acids is 2. The predicted octanol–water partition coefficient (Wildman–Crippen LogP) is 7.81. The van der Waals surface area contributed by atoms with E-state index in [0.717, 1.165) is 53.2 Å². The monoisotopic (exact) mass is 999 g/mol. The summed E-state index contributed by atoms with van der Waals surface area (Å²) < 4.78 is 85.4. The van der Waals surface area contributed by atoms with Gasteiger partial charge in [-0.3, -0.25) is 14.4 Å². The van der Waals surface area contributed by atoms with Gasteiger partial charge in [0.1, 0.15) is 5.00 Å². The number of fused-ring (bicyclic) bond motifs is 1. The number of ether oxygens (including phenoxy) is 8. The number of anilines is 1. The number of thioether (sulfide) groups is 1. The molecule has 0 saturated carbocycles. The van der Waals surface area contributed by atoms with Crippen molar-refractivity contribution in [1.82, 2.24) is 9.78 Å². The fraction of sp³-hybridized carbons (Fsp3) is 0.522. The molecular weight excluding hydrogens is 943 g/mol. The van der Waals surface area contributed by atoms with Crippen LogP contribution in [0.5, 0.6) is 0 Å². The summed E-state index contributed by atoms with van der Waals surface area (Å²) >= 11 is 8.87. The number of carboxylic acids is 1. The molecule has 0 radical (unpaired) electrons. The highest BCUT2D eigenvalue weighted by Gasteiger charge is 2.34. The lowest BCUT2D eigenvalue weighted by Gasteiger charge is -2.12. The number of carbonyl (C=O) groups is 3. The largest absolute Gasteiger partial charge is 0.481 e. The number of thiophene rings is 1. The van der Waals surface area contributed by atoms with Gasteiger partial charge in [-0.15, -0.1) is 11.3 Å². The molecule has 1 aliphatic carbocycles. The number of nitrogens with one attached hydrogen (secondary N) is 1. The van der Waals surface area contributed by atoms with Crippen molar-refractivity contribution in [1.29, 1.82) is 0 Å². The van der Waals surface area contributed by atoms with Gasteiger partial charge >= 0.3 is 12.1 Å². The normalized spacial score (nSPS) is 12.7. The van der Waals surface area contributed by atoms with Crippen LogP contribution in [0.3, 0.4) is 0 Å². The zero-order valence-corrected chi connectivity index (χ0v) is 39.5. The maximum atomic E-state index is 14.0. The molecule has 0 spiro atoms. The molecule has 2 heterocycles. The second kappa shape index (κ2) is 29.8. The average molecular weight is 1000 g/mol. The van der Waals surface area contributed by atoms with Gasteiger partial charge in [0.2, 0.25) is 0 Å². The van der Waals surface area contributed by atoms with Crippen LogP contribution < -0.4 is 5.32 Å². The minimum absolute atomic E-state index is 0.0208. The Balaban J connectivity index is 0.897. The molecule has 0 bridgehead atoms. The first kappa shape index (κ1) is 54.0. The summed E-state index contributed by atoms with van der Waals surface area (Å²) in [7, 11) is 0. The van der Waals surface area contributed by atoms with Crippen LogP contribution in [0.2, 0.25) is 5.02 Å². The lowest BCUT2D eigenvalue weighted by molar-refractivity contribution is -0.138. The van der Waals surface area contributed by atoms with Crippen molar-refractivity contribution in [3.8, 4) is 5.69 Å². The van der Waals surface area contributed by atoms with Crippen LogP contribution >= 0.6 is 34.7 Å². The van der Waals surface area contributed by atoms with Crippen molar-refractivity contribution in [3.63, 3.8) is 0 Å². The number of rotatable bonds is 34. The number of hydrogen-bond donors (Lipinski definition) is 2. The smallest absolute Gasteiger partial charge is 0.417 e. The molecule has 2 aromatic heterocycles. The van der Waals surface area contributed by atoms with Gasteiger partial charge < -0.3 is 48.3 Å². The lowest BCUT2D eigenvalue weighted by atomic mass is 9.92. The highest BCUT2D eigenvalue weighted by Crippen LogP contribution is 2.40. The van der Waals surface area contributed by atoms with Gasteiger partial charge in [-0.05, 0) is 67.1 Å². The fourth-order valence-corrected chi connectivity index (χ4v) is 8.88. The number of ketones is 1. The van der Waals surface area contributed by atoms with E-state index < -0.39 is 22.7 Å². The van der Waals surface area contributed by atoms with E-state index in [9.17, 15) is 27.6 Å². The van der Waals surface area contributed by atoms with E-state index in [4.69, 9.17) is 54.6 Å². The Labute approximate surface area is 400 Å². The molecule has 4 aromatic rings. The number of benzene rings is 2. The molecule has 0 unspecified atom stereocenters. The quantitative estimate of drug-likeness (QED) is 0.0343. The van der Waals surface area contributed by atoms with Crippen LogP contribution in [0, 0.1) is 0 Å². The number of amides is 1. The van der Waals surface area contributed by atoms with Gasteiger partial charge in [-0.1, -0.05) is 23.7 Å². The summed E-state index contributed by atoms with van der Waals surface area (Å²) in [5.41, 5.74) is 1.96. The van der Waals surface area contributed by atoms with Crippen molar-refractivity contribution in [3.05, 3.63) is 98.1 Å². The summed E-state index contributed by atoms with van der Waals surface area (Å²) in [4.78, 5) is 39.1. The van der Waals surface area contributed by atoms with Gasteiger partial charge in [0.05, 0.1) is 146 Å². The molecule has 0 atom stereocenters. The molecule has 0 aliphatic heterocycles. The van der Waals surface area contributed by atoms with E-state index in [1.807, 2.05) is 18.2 Å². The second-order valence-corrected chi connectivity index (χ2v) is 17.4. The number of aliphatic carboxylic acids is 1. The van der Waals surface area contributed by atoms with Gasteiger partial charge in [0.15, 0.2) is 5.78 Å². The van der Waals surface area contributed by atoms with Crippen LogP contribution in [0.15, 0.2) is 54.9 Å². The Bertz CT molecular complexity index is 2140. The van der Waals surface area contributed by atoms with Crippen molar-refractivity contribution in [2.45, 2.75) is 44.0 Å². The first-order chi connectivity index (χ1) is 32.5. The van der Waals surface area contributed by atoms with E-state index in [-0.39, 0.29) is 36.0 Å². The lowest BCUT2D eigenvalue weighted by Crippen LogP contribution is -2.15. The Kier molecular flexibility index (Phi) is 24.1. The third-order valence-electron chi connectivity index (χ3n) is 9.88. The third-order valence-corrected chi connectivity index (χ3v) is 12.4. The van der Waals surface area contributed by atoms with Gasteiger partial charge in [-0.25, -0.2) is 4.68 Å². The first-order valence-corrected chi connectivity index (χ1v) is 24.3. The van der Waals surface area contributed by atoms with E-state index in [1.54, 1.807) is 17.8 Å². The summed E-state index contributed by atoms with van der Waals surface area (Å²) in [6, 6.07) is 10.8. The highest BCUT2D eigenvalue weighted by molar-refractivity contribution is 7.98. The Morgan fingerprint density at radius 3 is 1.90 bits per heavy atom. The maximum absolute atomic E-state index is 14.0. The molecule has 1 amide bonds. The minimum atomic E-state index is -4.66. The van der Waals surface area contributed by atoms with Crippen LogP contribution in [0.25, 0.3) is 5.69 Å². The molecule has 2 N–H and O–H groups in total. The predicted molar refractivity (Wildman–Crippen MR) is 247 cm³/mol. The van der Waals surface area contributed by atoms with Crippen LogP contribution in [0.1, 0.15) is 67.1 Å². The summed E-state index contributed by atoms with van der Waals surface area (Å²) in [5, 5.41) is 15.7. The van der Waals surface area contributed by atoms with Gasteiger partial charge in [-0.2, -0.15) is 30.0 Å². The summed E-state index contributed by atoms with van der Waals surface area (Å²) in [6.45, 7) is 6.76. The van der Waals surface area contributed by atoms with Crippen LogP contribution in [-0.2, 0) is 67.5 Å². The van der Waals surface area contributed by atoms with Crippen LogP contribution in [0.4, 0.5) is 18.2 Å². The number of carboxylic acid groups (broad SMARTS) is 1. The number of halogens is 4. The zero-order valence-electron chi connectivity index (χ0n) is 37.1. The highest BCUT2D eigenvalue weighted by atomic mass is 35.5. The number of alkyl halides is 3. The van der Waals surface area contributed by atoms with E-state index >= 15 is 0 Å². The zero-order chi connectivity index (χ0) is 47.7. The van der Waals surface area contributed by atoms with E-state index in [1.165, 1.54) is 34.5 Å². The molecule has 15 nitrogen and oxygen atoms in total. The number of aryl methyl sites for hydroxylation is 1. The Morgan fingerprint density at radius 2 is 1.31 bits per heavy atom. The standard InChI is InChI=1S/C46H57ClF3N3O12S2/c47-39-9-8-36(29-38(39)46(48,49)50)53-31-35(30-51-53)43(56)42-37-6-1-2-7-40(37)67-45(42)52-44(57)34-5-3-4-33(28-34)32-66-27-26-65-25-24-64-23-22-63-21-20-62-19-18-61-17-16-60-15-14-59-13-12-58-11-10-41(54)55/h3-5,8-9,28-31H,1-2,6-7,10-27,32H2,(H,52,57)(H,54,55). The molecule has 2 aromatic carbocycles. The molecule has 1 aliphatic rings. The maximum Gasteiger partial charge on any atom is 0.417 e. The number of hydrogen-bond acceptors (Lipinski definition) is 14. The molecule has 21 heteroatoms. The first-order valence-electron chi connectivity index (χ1n) is 21.9. The van der Waals surface area contributed by atoms with E-state index in [2.05, 4.69) is 10.4 Å². The average Bonchev–Trinajstić information content (AvgIpc) is 3.95. The van der Waals surface area contributed by atoms with Crippen molar-refractivity contribution in [2.75, 3.05) is 117 Å².